The van der Waals surface area contributed by atoms with Gasteiger partial charge in [0.25, 0.3) is 0 Å². The molecule has 1 N–H and O–H groups in total. The Hall–Kier alpha value is -1.86. The molecule has 0 saturated carbocycles. The lowest BCUT2D eigenvalue weighted by atomic mass is 10.1. The maximum absolute atomic E-state index is 12.5. The van der Waals surface area contributed by atoms with Crippen molar-refractivity contribution in [1.29, 1.82) is 0 Å². The van der Waals surface area contributed by atoms with Crippen LogP contribution in [0.15, 0.2) is 41.8 Å². The average Bonchev–Trinajstić information content (AvgIpc) is 3.13. The Kier molecular flexibility index (Phi) is 5.87. The number of thioether (sulfide) groups is 1. The maximum atomic E-state index is 12.5. The number of rotatable bonds is 6. The van der Waals surface area contributed by atoms with Gasteiger partial charge in [0.05, 0.1) is 18.0 Å². The Bertz CT molecular complexity index is 627. The Labute approximate surface area is 146 Å². The van der Waals surface area contributed by atoms with E-state index in [0.717, 1.165) is 25.9 Å². The monoisotopic (exact) mass is 346 g/mol. The van der Waals surface area contributed by atoms with Gasteiger partial charge in [0.15, 0.2) is 5.16 Å². The van der Waals surface area contributed by atoms with Crippen molar-refractivity contribution in [2.24, 2.45) is 0 Å². The van der Waals surface area contributed by atoms with E-state index in [1.165, 1.54) is 23.7 Å². The van der Waals surface area contributed by atoms with E-state index in [-0.39, 0.29) is 17.3 Å². The predicted octanol–water partition coefficient (Wildman–Crippen LogP) is 2.49. The average molecular weight is 346 g/mol. The Morgan fingerprint density at radius 3 is 2.79 bits per heavy atom. The van der Waals surface area contributed by atoms with Crippen molar-refractivity contribution in [3.63, 3.8) is 0 Å². The summed E-state index contributed by atoms with van der Waals surface area (Å²) in [7, 11) is 0. The first kappa shape index (κ1) is 17.0. The molecule has 0 unspecified atom stereocenters. The Morgan fingerprint density at radius 1 is 1.38 bits per heavy atom. The van der Waals surface area contributed by atoms with Crippen LogP contribution in [0.3, 0.4) is 0 Å². The zero-order valence-electron chi connectivity index (χ0n) is 13.7. The number of benzene rings is 1. The van der Waals surface area contributed by atoms with Crippen LogP contribution in [0, 0.1) is 0 Å². The van der Waals surface area contributed by atoms with Crippen molar-refractivity contribution < 1.29 is 9.53 Å². The molecular weight excluding hydrogens is 324 g/mol. The minimum absolute atomic E-state index is 0.151. The summed E-state index contributed by atoms with van der Waals surface area (Å²) < 4.78 is 5.98. The molecule has 1 aromatic carbocycles. The maximum Gasteiger partial charge on any atom is 0.235 e. The van der Waals surface area contributed by atoms with Crippen molar-refractivity contribution in [3.8, 4) is 0 Å². The molecule has 1 fully saturated rings. The van der Waals surface area contributed by atoms with Gasteiger partial charge in [0.2, 0.25) is 5.91 Å². The summed E-state index contributed by atoms with van der Waals surface area (Å²) in [5, 5.41) is 7.09. The summed E-state index contributed by atoms with van der Waals surface area (Å²) in [5.41, 5.74) is 1.19. The fourth-order valence-corrected chi connectivity index (χ4v) is 3.56. The van der Waals surface area contributed by atoms with Crippen LogP contribution in [0.2, 0.25) is 0 Å². The van der Waals surface area contributed by atoms with Crippen LogP contribution in [0.4, 0.5) is 0 Å². The number of carbonyl (C=O) groups excluding carboxylic acids is 1. The molecule has 2 aromatic rings. The highest BCUT2D eigenvalue weighted by Gasteiger charge is 2.27. The van der Waals surface area contributed by atoms with Gasteiger partial charge in [0, 0.05) is 13.1 Å². The van der Waals surface area contributed by atoms with Crippen LogP contribution in [-0.4, -0.2) is 50.4 Å². The molecule has 0 bridgehead atoms. The molecule has 7 heteroatoms. The van der Waals surface area contributed by atoms with Crippen LogP contribution in [-0.2, 0) is 16.1 Å². The smallest absolute Gasteiger partial charge is 0.235 e. The zero-order valence-corrected chi connectivity index (χ0v) is 14.5. The fourth-order valence-electron chi connectivity index (χ4n) is 2.76. The predicted molar refractivity (Wildman–Crippen MR) is 92.5 cm³/mol. The number of ether oxygens (including phenoxy) is 1. The van der Waals surface area contributed by atoms with Gasteiger partial charge in [-0.05, 0) is 25.3 Å². The highest BCUT2D eigenvalue weighted by Crippen LogP contribution is 2.23. The summed E-state index contributed by atoms with van der Waals surface area (Å²) in [6, 6.07) is 10.2. The van der Waals surface area contributed by atoms with Crippen LogP contribution in [0.1, 0.15) is 25.3 Å². The first-order chi connectivity index (χ1) is 11.7. The summed E-state index contributed by atoms with van der Waals surface area (Å²) in [6.07, 6.45) is 3.46. The SMILES string of the molecule is C[C@@H](Sc1ncn[nH]1)C(=O)N1CCC(OCc2ccccc2)CC1. The normalized spacial score (nSPS) is 17.0. The zero-order chi connectivity index (χ0) is 16.8. The molecule has 24 heavy (non-hydrogen) atoms. The number of amides is 1. The molecule has 6 nitrogen and oxygen atoms in total. The van der Waals surface area contributed by atoms with Gasteiger partial charge in [-0.3, -0.25) is 9.89 Å². The number of likely N-dealkylation sites (tertiary alicyclic amines) is 1. The number of piperidine rings is 1. The minimum Gasteiger partial charge on any atom is -0.373 e. The number of hydrogen-bond donors (Lipinski definition) is 1. The Morgan fingerprint density at radius 2 is 2.12 bits per heavy atom. The second-order valence-corrected chi connectivity index (χ2v) is 7.20. The van der Waals surface area contributed by atoms with E-state index in [2.05, 4.69) is 27.3 Å². The number of H-pyrrole nitrogens is 1. The summed E-state index contributed by atoms with van der Waals surface area (Å²) in [6.45, 7) is 4.05. The van der Waals surface area contributed by atoms with E-state index in [4.69, 9.17) is 4.74 Å². The summed E-state index contributed by atoms with van der Waals surface area (Å²) in [5.74, 6) is 0.151. The number of aromatic nitrogens is 3. The van der Waals surface area contributed by atoms with Gasteiger partial charge < -0.3 is 9.64 Å². The van der Waals surface area contributed by atoms with Crippen molar-refractivity contribution in [1.82, 2.24) is 20.1 Å². The molecule has 1 atom stereocenters. The highest BCUT2D eigenvalue weighted by molar-refractivity contribution is 8.00. The van der Waals surface area contributed by atoms with Gasteiger partial charge in [-0.15, -0.1) is 0 Å². The van der Waals surface area contributed by atoms with Gasteiger partial charge in [0.1, 0.15) is 6.33 Å². The number of aromatic amines is 1. The van der Waals surface area contributed by atoms with Crippen LogP contribution in [0.25, 0.3) is 0 Å². The van der Waals surface area contributed by atoms with E-state index < -0.39 is 0 Å². The molecule has 1 saturated heterocycles. The fraction of sp³-hybridized carbons (Fsp3) is 0.471. The lowest BCUT2D eigenvalue weighted by Crippen LogP contribution is -2.44. The molecule has 2 heterocycles. The van der Waals surface area contributed by atoms with E-state index in [9.17, 15) is 4.79 Å². The summed E-state index contributed by atoms with van der Waals surface area (Å²) >= 11 is 1.41. The molecule has 1 aliphatic rings. The Balaban J connectivity index is 1.42. The van der Waals surface area contributed by atoms with Crippen LogP contribution in [0.5, 0.6) is 0 Å². The molecule has 1 amide bonds. The standard InChI is InChI=1S/C17H22N4O2S/c1-13(24-17-18-12-19-20-17)16(22)21-9-7-15(8-10-21)23-11-14-5-3-2-4-6-14/h2-6,12-13,15H,7-11H2,1H3,(H,18,19,20)/t13-/m1/s1. The largest absolute Gasteiger partial charge is 0.373 e. The topological polar surface area (TPSA) is 71.1 Å². The quantitative estimate of drug-likeness (QED) is 0.814. The van der Waals surface area contributed by atoms with E-state index in [1.807, 2.05) is 30.0 Å². The molecule has 0 radical (unpaired) electrons. The number of nitrogens with one attached hydrogen (secondary N) is 1. The van der Waals surface area contributed by atoms with Gasteiger partial charge in [-0.1, -0.05) is 42.1 Å². The van der Waals surface area contributed by atoms with Crippen molar-refractivity contribution in [2.75, 3.05) is 13.1 Å². The number of nitrogens with zero attached hydrogens (tertiary/aromatic N) is 3. The molecule has 0 aliphatic carbocycles. The first-order valence-corrected chi connectivity index (χ1v) is 9.06. The first-order valence-electron chi connectivity index (χ1n) is 8.18. The highest BCUT2D eigenvalue weighted by atomic mass is 32.2. The van der Waals surface area contributed by atoms with Crippen molar-refractivity contribution in [3.05, 3.63) is 42.2 Å². The van der Waals surface area contributed by atoms with Gasteiger partial charge in [-0.2, -0.15) is 5.10 Å². The minimum atomic E-state index is -0.167. The second-order valence-electron chi connectivity index (χ2n) is 5.87. The number of hydrogen-bond acceptors (Lipinski definition) is 5. The van der Waals surface area contributed by atoms with E-state index in [1.54, 1.807) is 0 Å². The van der Waals surface area contributed by atoms with Crippen LogP contribution >= 0.6 is 11.8 Å². The van der Waals surface area contributed by atoms with Crippen molar-refractivity contribution in [2.45, 2.75) is 42.9 Å². The molecule has 1 aliphatic heterocycles. The molecule has 128 valence electrons. The van der Waals surface area contributed by atoms with E-state index >= 15 is 0 Å². The molecule has 3 rings (SSSR count). The van der Waals surface area contributed by atoms with Gasteiger partial charge >= 0.3 is 0 Å². The molecular formula is C17H22N4O2S. The van der Waals surface area contributed by atoms with Crippen molar-refractivity contribution >= 4 is 17.7 Å². The summed E-state index contributed by atoms with van der Waals surface area (Å²) in [4.78, 5) is 18.5. The third-order valence-electron chi connectivity index (χ3n) is 4.11. The lowest BCUT2D eigenvalue weighted by molar-refractivity contribution is -0.133. The third-order valence-corrected chi connectivity index (χ3v) is 5.09. The van der Waals surface area contributed by atoms with Crippen LogP contribution < -0.4 is 0 Å². The lowest BCUT2D eigenvalue weighted by Gasteiger charge is -2.33. The third kappa shape index (κ3) is 4.58. The molecule has 1 aromatic heterocycles. The van der Waals surface area contributed by atoms with E-state index in [0.29, 0.717) is 11.8 Å². The van der Waals surface area contributed by atoms with Gasteiger partial charge in [-0.25, -0.2) is 4.98 Å². The number of carbonyl (C=O) groups is 1. The molecule has 0 spiro atoms. The second kappa shape index (κ2) is 8.30.